The Kier molecular flexibility index (Phi) is 15.1. The van der Waals surface area contributed by atoms with Gasteiger partial charge in [0.25, 0.3) is 0 Å². The average Bonchev–Trinajstić information content (AvgIpc) is 2.64. The van der Waals surface area contributed by atoms with Crippen molar-refractivity contribution in [3.05, 3.63) is 17.7 Å². The first-order valence-electron chi connectivity index (χ1n) is 10.0. The highest BCUT2D eigenvalue weighted by molar-refractivity contribution is 5.91. The van der Waals surface area contributed by atoms with Gasteiger partial charge in [0.15, 0.2) is 17.2 Å². The van der Waals surface area contributed by atoms with Crippen molar-refractivity contribution in [3.8, 4) is 17.2 Å². The summed E-state index contributed by atoms with van der Waals surface area (Å²) in [6, 6.07) is 2.16. The normalized spacial score (nSPS) is 10.2. The van der Waals surface area contributed by atoms with Crippen molar-refractivity contribution in [1.29, 1.82) is 0 Å². The fourth-order valence-corrected chi connectivity index (χ4v) is 2.56. The maximum absolute atomic E-state index is 11.8. The van der Waals surface area contributed by atoms with Crippen LogP contribution in [0.2, 0.25) is 0 Å². The molecule has 4 N–H and O–H groups in total. The Balaban J connectivity index is 0.00000210. The van der Waals surface area contributed by atoms with Gasteiger partial charge in [0.2, 0.25) is 0 Å². The van der Waals surface area contributed by atoms with Gasteiger partial charge in [-0.05, 0) is 25.5 Å². The number of carbonyl (C=O) groups excluding carboxylic acids is 1. The van der Waals surface area contributed by atoms with Crippen molar-refractivity contribution in [3.63, 3.8) is 0 Å². The summed E-state index contributed by atoms with van der Waals surface area (Å²) in [5, 5.41) is 35.6. The van der Waals surface area contributed by atoms with Gasteiger partial charge in [0.1, 0.15) is 0 Å². The van der Waals surface area contributed by atoms with E-state index in [4.69, 9.17) is 9.84 Å². The predicted octanol–water partition coefficient (Wildman–Crippen LogP) is 4.88. The van der Waals surface area contributed by atoms with Crippen LogP contribution in [0.1, 0.15) is 88.4 Å². The van der Waals surface area contributed by atoms with E-state index in [9.17, 15) is 20.1 Å². The third-order valence-electron chi connectivity index (χ3n) is 4.04. The van der Waals surface area contributed by atoms with E-state index in [2.05, 4.69) is 6.92 Å². The van der Waals surface area contributed by atoms with Crippen molar-refractivity contribution in [2.45, 2.75) is 78.1 Å². The van der Waals surface area contributed by atoms with Crippen LogP contribution in [0, 0.1) is 0 Å². The first-order chi connectivity index (χ1) is 13.0. The lowest BCUT2D eigenvalue weighted by atomic mass is 10.1. The van der Waals surface area contributed by atoms with Crippen LogP contribution in [-0.2, 0) is 4.74 Å². The Morgan fingerprint density at radius 1 is 0.815 bits per heavy atom. The maximum Gasteiger partial charge on any atom is 0.338 e. The molecule has 0 amide bonds. The molecular formula is C21H36O6. The molecule has 1 aromatic rings. The topological polar surface area (TPSA) is 107 Å². The molecule has 0 atom stereocenters. The highest BCUT2D eigenvalue weighted by Crippen LogP contribution is 2.35. The summed E-state index contributed by atoms with van der Waals surface area (Å²) in [6.07, 6.45) is 12.1. The minimum Gasteiger partial charge on any atom is -0.504 e. The average molecular weight is 385 g/mol. The van der Waals surface area contributed by atoms with E-state index in [1.165, 1.54) is 44.9 Å². The Morgan fingerprint density at radius 3 is 1.67 bits per heavy atom. The minimum atomic E-state index is -0.638. The fraction of sp³-hybridized carbons (Fsp3) is 0.667. The maximum atomic E-state index is 11.8. The van der Waals surface area contributed by atoms with E-state index in [0.29, 0.717) is 6.61 Å². The van der Waals surface area contributed by atoms with Crippen LogP contribution in [0.15, 0.2) is 12.1 Å². The quantitative estimate of drug-likeness (QED) is 0.232. The number of aliphatic hydroxyl groups is 1. The molecule has 0 aromatic heterocycles. The van der Waals surface area contributed by atoms with E-state index in [-0.39, 0.29) is 12.2 Å². The summed E-state index contributed by atoms with van der Waals surface area (Å²) in [4.78, 5) is 11.8. The van der Waals surface area contributed by atoms with Crippen LogP contribution in [0.25, 0.3) is 0 Å². The molecule has 27 heavy (non-hydrogen) atoms. The Hall–Kier alpha value is -1.95. The van der Waals surface area contributed by atoms with E-state index in [1.807, 2.05) is 0 Å². The number of phenols is 3. The summed E-state index contributed by atoms with van der Waals surface area (Å²) in [6.45, 7) is 4.47. The second-order valence-corrected chi connectivity index (χ2v) is 6.50. The van der Waals surface area contributed by atoms with E-state index in [0.717, 1.165) is 31.4 Å². The molecule has 1 aromatic carbocycles. The Morgan fingerprint density at radius 2 is 1.22 bits per heavy atom. The second-order valence-electron chi connectivity index (χ2n) is 6.50. The van der Waals surface area contributed by atoms with Crippen LogP contribution < -0.4 is 0 Å². The summed E-state index contributed by atoms with van der Waals surface area (Å²) in [5.41, 5.74) is 0.0230. The molecular weight excluding hydrogens is 348 g/mol. The smallest absolute Gasteiger partial charge is 0.338 e. The van der Waals surface area contributed by atoms with Gasteiger partial charge >= 0.3 is 5.97 Å². The fourth-order valence-electron chi connectivity index (χ4n) is 2.56. The Labute approximate surface area is 162 Å². The minimum absolute atomic E-state index is 0.0230. The molecule has 1 rings (SSSR count). The first kappa shape index (κ1) is 25.1. The largest absolute Gasteiger partial charge is 0.504 e. The lowest BCUT2D eigenvalue weighted by molar-refractivity contribution is 0.0496. The number of unbranched alkanes of at least 4 members (excludes halogenated alkanes) is 9. The number of aliphatic hydroxyl groups excluding tert-OH is 1. The zero-order valence-electron chi connectivity index (χ0n) is 16.7. The van der Waals surface area contributed by atoms with Gasteiger partial charge in [0, 0.05) is 6.61 Å². The van der Waals surface area contributed by atoms with Gasteiger partial charge in [-0.15, -0.1) is 0 Å². The highest BCUT2D eigenvalue weighted by Gasteiger charge is 2.14. The molecule has 0 aliphatic heterocycles. The number of rotatable bonds is 12. The summed E-state index contributed by atoms with van der Waals surface area (Å²) >= 11 is 0. The highest BCUT2D eigenvalue weighted by atomic mass is 16.5. The first-order valence-corrected chi connectivity index (χ1v) is 10.0. The lowest BCUT2D eigenvalue weighted by Gasteiger charge is -2.07. The van der Waals surface area contributed by atoms with Crippen molar-refractivity contribution >= 4 is 5.97 Å². The molecule has 0 bridgehead atoms. The van der Waals surface area contributed by atoms with Crippen LogP contribution >= 0.6 is 0 Å². The van der Waals surface area contributed by atoms with Gasteiger partial charge in [-0.1, -0.05) is 64.7 Å². The molecule has 0 spiro atoms. The van der Waals surface area contributed by atoms with Gasteiger partial charge in [-0.25, -0.2) is 4.79 Å². The molecule has 0 saturated heterocycles. The molecule has 0 radical (unpaired) electrons. The zero-order valence-corrected chi connectivity index (χ0v) is 16.7. The Bertz CT molecular complexity index is 492. The van der Waals surface area contributed by atoms with Crippen molar-refractivity contribution < 1.29 is 30.0 Å². The molecule has 0 fully saturated rings. The molecule has 0 unspecified atom stereocenters. The van der Waals surface area contributed by atoms with Crippen molar-refractivity contribution in [1.82, 2.24) is 0 Å². The van der Waals surface area contributed by atoms with Gasteiger partial charge in [0.05, 0.1) is 12.2 Å². The number of esters is 1. The van der Waals surface area contributed by atoms with Crippen molar-refractivity contribution in [2.24, 2.45) is 0 Å². The monoisotopic (exact) mass is 384 g/mol. The number of benzene rings is 1. The molecule has 156 valence electrons. The summed E-state index contributed by atoms with van der Waals surface area (Å²) in [7, 11) is 0. The van der Waals surface area contributed by atoms with Crippen molar-refractivity contribution in [2.75, 3.05) is 13.2 Å². The number of phenolic OH excluding ortho intramolecular Hbond substituents is 3. The molecule has 6 heteroatoms. The number of hydrogen-bond acceptors (Lipinski definition) is 6. The molecule has 0 saturated carbocycles. The molecule has 0 heterocycles. The van der Waals surface area contributed by atoms with E-state index >= 15 is 0 Å². The summed E-state index contributed by atoms with van der Waals surface area (Å²) < 4.78 is 5.11. The molecule has 6 nitrogen and oxygen atoms in total. The number of hydrogen-bond donors (Lipinski definition) is 4. The molecule has 0 aliphatic rings. The van der Waals surface area contributed by atoms with Gasteiger partial charge in [-0.3, -0.25) is 0 Å². The lowest BCUT2D eigenvalue weighted by Crippen LogP contribution is -2.06. The zero-order chi connectivity index (χ0) is 20.5. The van der Waals surface area contributed by atoms with Crippen LogP contribution in [0.4, 0.5) is 0 Å². The van der Waals surface area contributed by atoms with Crippen LogP contribution in [0.5, 0.6) is 17.2 Å². The second kappa shape index (κ2) is 16.2. The van der Waals surface area contributed by atoms with E-state index < -0.39 is 23.2 Å². The third-order valence-corrected chi connectivity index (χ3v) is 4.04. The van der Waals surface area contributed by atoms with Crippen LogP contribution in [0.3, 0.4) is 0 Å². The molecule has 0 aliphatic carbocycles. The van der Waals surface area contributed by atoms with Crippen LogP contribution in [-0.4, -0.2) is 39.6 Å². The van der Waals surface area contributed by atoms with E-state index in [1.54, 1.807) is 6.92 Å². The number of carbonyl (C=O) groups is 1. The predicted molar refractivity (Wildman–Crippen MR) is 106 cm³/mol. The SMILES string of the molecule is CCCCCCCCCCCCOC(=O)c1cc(O)c(O)c(O)c1.CCO. The van der Waals surface area contributed by atoms with Gasteiger partial charge < -0.3 is 25.2 Å². The summed E-state index contributed by atoms with van der Waals surface area (Å²) in [5.74, 6) is -2.33. The van der Waals surface area contributed by atoms with Gasteiger partial charge in [-0.2, -0.15) is 0 Å². The number of ether oxygens (including phenoxy) is 1. The third kappa shape index (κ3) is 12.1. The number of aromatic hydroxyl groups is 3. The standard InChI is InChI=1S/C19H30O5.C2H6O/c1-2-3-4-5-6-7-8-9-10-11-12-24-19(23)15-13-16(20)18(22)17(21)14-15;1-2-3/h13-14,20-22H,2-12H2,1H3;3H,2H2,1H3.